The van der Waals surface area contributed by atoms with Gasteiger partial charge in [-0.2, -0.15) is 4.98 Å². The molecule has 0 spiro atoms. The lowest BCUT2D eigenvalue weighted by Gasteiger charge is -2.22. The lowest BCUT2D eigenvalue weighted by molar-refractivity contribution is 0.149. The lowest BCUT2D eigenvalue weighted by Crippen LogP contribution is -2.34. The zero-order chi connectivity index (χ0) is 10.7. The van der Waals surface area contributed by atoms with Crippen LogP contribution in [0.5, 0.6) is 6.01 Å². The van der Waals surface area contributed by atoms with Gasteiger partial charge >= 0.3 is 6.01 Å². The number of aromatic nitrogens is 2. The van der Waals surface area contributed by atoms with Crippen molar-refractivity contribution < 1.29 is 4.74 Å². The van der Waals surface area contributed by atoms with E-state index < -0.39 is 0 Å². The molecule has 16 heavy (non-hydrogen) atoms. The van der Waals surface area contributed by atoms with Gasteiger partial charge in [-0.15, -0.1) is 12.4 Å². The maximum Gasteiger partial charge on any atom is 0.318 e. The van der Waals surface area contributed by atoms with Crippen molar-refractivity contribution in [2.75, 3.05) is 13.1 Å². The van der Waals surface area contributed by atoms with E-state index in [-0.39, 0.29) is 18.5 Å². The molecule has 1 aromatic heterocycles. The molecule has 2 heterocycles. The van der Waals surface area contributed by atoms with Gasteiger partial charge in [-0.25, -0.2) is 4.98 Å². The predicted molar refractivity (Wildman–Crippen MR) is 65.5 cm³/mol. The van der Waals surface area contributed by atoms with E-state index >= 15 is 0 Å². The molecule has 0 aromatic carbocycles. The second kappa shape index (κ2) is 6.23. The fraction of sp³-hybridized carbons (Fsp3) is 0.600. The van der Waals surface area contributed by atoms with Gasteiger partial charge in [-0.1, -0.05) is 11.6 Å². The van der Waals surface area contributed by atoms with Gasteiger partial charge in [0.15, 0.2) is 0 Å². The van der Waals surface area contributed by atoms with E-state index in [0.29, 0.717) is 11.2 Å². The third kappa shape index (κ3) is 3.47. The van der Waals surface area contributed by atoms with Gasteiger partial charge in [0.05, 0.1) is 0 Å². The Morgan fingerprint density at radius 2 is 2.12 bits per heavy atom. The van der Waals surface area contributed by atoms with Crippen molar-refractivity contribution in [3.8, 4) is 6.01 Å². The Morgan fingerprint density at radius 3 is 2.75 bits per heavy atom. The van der Waals surface area contributed by atoms with Crippen LogP contribution in [0.2, 0.25) is 5.15 Å². The van der Waals surface area contributed by atoms with Gasteiger partial charge in [0.25, 0.3) is 0 Å². The topological polar surface area (TPSA) is 47.0 Å². The highest BCUT2D eigenvalue weighted by molar-refractivity contribution is 6.30. The Morgan fingerprint density at radius 1 is 1.44 bits per heavy atom. The van der Waals surface area contributed by atoms with E-state index in [1.54, 1.807) is 6.20 Å². The summed E-state index contributed by atoms with van der Waals surface area (Å²) in [5.41, 5.74) is 0.870. The first-order chi connectivity index (χ1) is 7.25. The Hall–Kier alpha value is -0.580. The van der Waals surface area contributed by atoms with Crippen LogP contribution in [0.15, 0.2) is 6.20 Å². The van der Waals surface area contributed by atoms with Gasteiger partial charge < -0.3 is 10.1 Å². The average Bonchev–Trinajstić information content (AvgIpc) is 2.25. The molecule has 1 N–H and O–H groups in total. The molecule has 90 valence electrons. The van der Waals surface area contributed by atoms with Crippen LogP contribution in [0.3, 0.4) is 0 Å². The van der Waals surface area contributed by atoms with Crippen molar-refractivity contribution in [2.24, 2.45) is 0 Å². The Bertz CT molecular complexity index is 343. The number of hydrogen-bond donors (Lipinski definition) is 1. The Kier molecular flexibility index (Phi) is 5.25. The van der Waals surface area contributed by atoms with Crippen LogP contribution in [0.1, 0.15) is 18.4 Å². The third-order valence-corrected chi connectivity index (χ3v) is 2.83. The molecule has 2 rings (SSSR count). The van der Waals surface area contributed by atoms with Crippen molar-refractivity contribution in [1.29, 1.82) is 0 Å². The van der Waals surface area contributed by atoms with E-state index in [1.807, 2.05) is 6.92 Å². The summed E-state index contributed by atoms with van der Waals surface area (Å²) in [6.07, 6.45) is 3.89. The van der Waals surface area contributed by atoms with E-state index in [1.165, 1.54) is 0 Å². The molecule has 0 amide bonds. The van der Waals surface area contributed by atoms with Crippen LogP contribution < -0.4 is 10.1 Å². The molecule has 0 unspecified atom stereocenters. The van der Waals surface area contributed by atoms with Crippen LogP contribution in [0, 0.1) is 6.92 Å². The second-order valence-corrected chi connectivity index (χ2v) is 4.05. The molecule has 0 bridgehead atoms. The van der Waals surface area contributed by atoms with Crippen molar-refractivity contribution >= 4 is 24.0 Å². The largest absolute Gasteiger partial charge is 0.460 e. The Balaban J connectivity index is 0.00000128. The summed E-state index contributed by atoms with van der Waals surface area (Å²) in [5, 5.41) is 3.74. The highest BCUT2D eigenvalue weighted by Crippen LogP contribution is 2.16. The minimum atomic E-state index is 0. The minimum Gasteiger partial charge on any atom is -0.460 e. The fourth-order valence-electron chi connectivity index (χ4n) is 1.53. The summed E-state index contributed by atoms with van der Waals surface area (Å²) < 4.78 is 5.64. The van der Waals surface area contributed by atoms with Crippen LogP contribution in [0.25, 0.3) is 0 Å². The van der Waals surface area contributed by atoms with Crippen molar-refractivity contribution in [3.05, 3.63) is 16.9 Å². The van der Waals surface area contributed by atoms with E-state index in [0.717, 1.165) is 31.5 Å². The number of nitrogens with zero attached hydrogens (tertiary/aromatic N) is 2. The number of halogens is 2. The zero-order valence-electron chi connectivity index (χ0n) is 9.07. The monoisotopic (exact) mass is 263 g/mol. The lowest BCUT2D eigenvalue weighted by atomic mass is 10.1. The van der Waals surface area contributed by atoms with Gasteiger partial charge in [0, 0.05) is 11.8 Å². The Labute approximate surface area is 106 Å². The summed E-state index contributed by atoms with van der Waals surface area (Å²) >= 11 is 5.89. The standard InChI is InChI=1S/C10H14ClN3O.ClH/c1-7-6-13-10(14-9(7)11)15-8-2-4-12-5-3-8;/h6,8,12H,2-5H2,1H3;1H. The number of aryl methyl sites for hydroxylation is 1. The molecule has 1 aliphatic heterocycles. The third-order valence-electron chi connectivity index (χ3n) is 2.45. The normalized spacial score (nSPS) is 16.6. The molecule has 0 aliphatic carbocycles. The van der Waals surface area contributed by atoms with Crippen molar-refractivity contribution in [2.45, 2.75) is 25.9 Å². The molecule has 1 saturated heterocycles. The zero-order valence-corrected chi connectivity index (χ0v) is 10.6. The highest BCUT2D eigenvalue weighted by atomic mass is 35.5. The van der Waals surface area contributed by atoms with Gasteiger partial charge in [-0.3, -0.25) is 0 Å². The summed E-state index contributed by atoms with van der Waals surface area (Å²) in [6.45, 7) is 3.85. The van der Waals surface area contributed by atoms with E-state index in [9.17, 15) is 0 Å². The molecule has 1 fully saturated rings. The van der Waals surface area contributed by atoms with E-state index in [4.69, 9.17) is 16.3 Å². The van der Waals surface area contributed by atoms with Crippen LogP contribution in [-0.4, -0.2) is 29.2 Å². The van der Waals surface area contributed by atoms with Crippen molar-refractivity contribution in [1.82, 2.24) is 15.3 Å². The molecule has 1 aromatic rings. The number of hydrogen-bond acceptors (Lipinski definition) is 4. The fourth-order valence-corrected chi connectivity index (χ4v) is 1.65. The summed E-state index contributed by atoms with van der Waals surface area (Å²) in [5.74, 6) is 0. The average molecular weight is 264 g/mol. The molecular weight excluding hydrogens is 249 g/mol. The number of nitrogens with one attached hydrogen (secondary N) is 1. The molecule has 0 saturated carbocycles. The van der Waals surface area contributed by atoms with Gasteiger partial charge in [-0.05, 0) is 32.9 Å². The second-order valence-electron chi connectivity index (χ2n) is 3.69. The van der Waals surface area contributed by atoms with Crippen LogP contribution in [-0.2, 0) is 0 Å². The first-order valence-corrected chi connectivity index (χ1v) is 5.50. The maximum atomic E-state index is 5.89. The first-order valence-electron chi connectivity index (χ1n) is 5.12. The summed E-state index contributed by atoms with van der Waals surface area (Å²) in [7, 11) is 0. The van der Waals surface area contributed by atoms with Crippen LogP contribution in [0.4, 0.5) is 0 Å². The highest BCUT2D eigenvalue weighted by Gasteiger charge is 2.15. The molecule has 1 aliphatic rings. The molecule has 0 radical (unpaired) electrons. The van der Waals surface area contributed by atoms with Gasteiger partial charge in [0.2, 0.25) is 0 Å². The van der Waals surface area contributed by atoms with Crippen LogP contribution >= 0.6 is 24.0 Å². The molecular formula is C10H15Cl2N3O. The molecule has 0 atom stereocenters. The number of ether oxygens (including phenoxy) is 1. The summed E-state index contributed by atoms with van der Waals surface area (Å²) in [6, 6.07) is 0.387. The summed E-state index contributed by atoms with van der Waals surface area (Å²) in [4.78, 5) is 8.17. The SMILES string of the molecule is Cc1cnc(OC2CCNCC2)nc1Cl.Cl. The molecule has 6 heteroatoms. The van der Waals surface area contributed by atoms with E-state index in [2.05, 4.69) is 15.3 Å². The minimum absolute atomic E-state index is 0. The van der Waals surface area contributed by atoms with Gasteiger partial charge in [0.1, 0.15) is 11.3 Å². The number of piperidine rings is 1. The molecule has 4 nitrogen and oxygen atoms in total. The number of rotatable bonds is 2. The maximum absolute atomic E-state index is 5.89. The first kappa shape index (κ1) is 13.5. The quantitative estimate of drug-likeness (QED) is 0.830. The predicted octanol–water partition coefficient (Wildman–Crippen LogP) is 1.99. The van der Waals surface area contributed by atoms with Crippen molar-refractivity contribution in [3.63, 3.8) is 0 Å². The smallest absolute Gasteiger partial charge is 0.318 e.